The minimum Gasteiger partial charge on any atom is -0.478 e. The topological polar surface area (TPSA) is 91.9 Å². The van der Waals surface area contributed by atoms with Crippen molar-refractivity contribution in [3.63, 3.8) is 0 Å². The Bertz CT molecular complexity index is 977. The minimum absolute atomic E-state index is 0.150. The number of furan rings is 1. The van der Waals surface area contributed by atoms with Crippen molar-refractivity contribution in [2.45, 2.75) is 0 Å². The van der Waals surface area contributed by atoms with Gasteiger partial charge in [-0.25, -0.2) is 10.2 Å². The van der Waals surface area contributed by atoms with E-state index in [1.54, 1.807) is 42.5 Å². The van der Waals surface area contributed by atoms with Gasteiger partial charge in [-0.1, -0.05) is 18.2 Å². The van der Waals surface area contributed by atoms with E-state index in [0.29, 0.717) is 22.6 Å². The van der Waals surface area contributed by atoms with Crippen molar-refractivity contribution >= 4 is 40.7 Å². The molecule has 0 spiro atoms. The number of benzene rings is 2. The van der Waals surface area contributed by atoms with Crippen LogP contribution in [0.25, 0.3) is 11.3 Å². The quantitative estimate of drug-likeness (QED) is 0.342. The van der Waals surface area contributed by atoms with Crippen molar-refractivity contribution in [1.29, 1.82) is 0 Å². The van der Waals surface area contributed by atoms with Gasteiger partial charge in [-0.15, -0.1) is 0 Å². The Balaban J connectivity index is 1.71. The number of carbonyl (C=O) groups is 2. The lowest BCUT2D eigenvalue weighted by Crippen LogP contribution is -2.17. The number of aromatic carboxylic acids is 1. The highest BCUT2D eigenvalue weighted by Crippen LogP contribution is 2.25. The first-order valence-electron chi connectivity index (χ1n) is 7.56. The van der Waals surface area contributed by atoms with Gasteiger partial charge in [0.05, 0.1) is 11.8 Å². The van der Waals surface area contributed by atoms with Crippen LogP contribution in [0.4, 0.5) is 0 Å². The monoisotopic (exact) mass is 460 g/mol. The summed E-state index contributed by atoms with van der Waals surface area (Å²) in [6.45, 7) is 0. The Hall–Kier alpha value is -2.94. The first kappa shape index (κ1) is 17.9. The summed E-state index contributed by atoms with van der Waals surface area (Å²) < 4.78 is 6.63. The highest BCUT2D eigenvalue weighted by Gasteiger charge is 2.13. The van der Waals surface area contributed by atoms with Crippen molar-refractivity contribution in [3.8, 4) is 11.3 Å². The van der Waals surface area contributed by atoms with Crippen LogP contribution in [0.5, 0.6) is 0 Å². The number of carboxylic acid groups (broad SMARTS) is 1. The molecule has 130 valence electrons. The Morgan fingerprint density at radius 3 is 2.50 bits per heavy atom. The molecule has 0 radical (unpaired) electrons. The van der Waals surface area contributed by atoms with Crippen molar-refractivity contribution in [1.82, 2.24) is 5.43 Å². The van der Waals surface area contributed by atoms with Crippen molar-refractivity contribution in [2.75, 3.05) is 0 Å². The van der Waals surface area contributed by atoms with Crippen LogP contribution in [-0.4, -0.2) is 23.2 Å². The summed E-state index contributed by atoms with van der Waals surface area (Å²) >= 11 is 2.16. The zero-order valence-corrected chi connectivity index (χ0v) is 15.5. The van der Waals surface area contributed by atoms with Gasteiger partial charge in [0.15, 0.2) is 0 Å². The summed E-state index contributed by atoms with van der Waals surface area (Å²) in [4.78, 5) is 23.3. The van der Waals surface area contributed by atoms with Gasteiger partial charge in [0, 0.05) is 14.7 Å². The van der Waals surface area contributed by atoms with E-state index >= 15 is 0 Å². The molecular formula is C19H13IN2O4. The number of nitrogens with zero attached hydrogens (tertiary/aromatic N) is 1. The Morgan fingerprint density at radius 1 is 1.04 bits per heavy atom. The Kier molecular flexibility index (Phi) is 5.47. The number of nitrogens with one attached hydrogen (secondary N) is 1. The number of hydrogen-bond donors (Lipinski definition) is 2. The number of halogens is 1. The largest absolute Gasteiger partial charge is 0.478 e. The SMILES string of the molecule is O=C(N/N=C\c1ccc(-c2ccccc2C(=O)O)o1)c1ccc(I)cc1. The molecule has 0 fully saturated rings. The van der Waals surface area contributed by atoms with Gasteiger partial charge in [-0.2, -0.15) is 5.10 Å². The molecule has 0 saturated heterocycles. The second-order valence-electron chi connectivity index (χ2n) is 5.26. The smallest absolute Gasteiger partial charge is 0.336 e. The summed E-state index contributed by atoms with van der Waals surface area (Å²) in [5, 5.41) is 13.1. The molecule has 1 heterocycles. The number of carboxylic acids is 1. The minimum atomic E-state index is -1.03. The van der Waals surface area contributed by atoms with Gasteiger partial charge in [0.1, 0.15) is 11.5 Å². The van der Waals surface area contributed by atoms with E-state index in [4.69, 9.17) is 4.42 Å². The van der Waals surface area contributed by atoms with Crippen molar-refractivity contribution in [3.05, 3.63) is 81.1 Å². The molecule has 0 unspecified atom stereocenters. The lowest BCUT2D eigenvalue weighted by Gasteiger charge is -2.02. The number of hydrogen-bond acceptors (Lipinski definition) is 4. The molecule has 1 amide bonds. The van der Waals surface area contributed by atoms with Crippen molar-refractivity contribution < 1.29 is 19.1 Å². The molecule has 0 aliphatic carbocycles. The highest BCUT2D eigenvalue weighted by atomic mass is 127. The second kappa shape index (κ2) is 7.96. The summed E-state index contributed by atoms with van der Waals surface area (Å²) in [7, 11) is 0. The molecule has 0 saturated carbocycles. The molecule has 2 aromatic carbocycles. The van der Waals surface area contributed by atoms with Gasteiger partial charge in [0.2, 0.25) is 0 Å². The first-order chi connectivity index (χ1) is 12.5. The van der Waals surface area contributed by atoms with Crippen LogP contribution in [0.2, 0.25) is 0 Å². The number of rotatable bonds is 5. The van der Waals surface area contributed by atoms with Gasteiger partial charge in [0.25, 0.3) is 5.91 Å². The maximum absolute atomic E-state index is 12.0. The predicted octanol–water partition coefficient (Wildman–Crippen LogP) is 4.01. The van der Waals surface area contributed by atoms with E-state index in [1.807, 2.05) is 12.1 Å². The van der Waals surface area contributed by atoms with E-state index in [1.165, 1.54) is 12.3 Å². The van der Waals surface area contributed by atoms with Gasteiger partial charge >= 0.3 is 5.97 Å². The molecule has 3 rings (SSSR count). The zero-order valence-electron chi connectivity index (χ0n) is 13.3. The standard InChI is InChI=1S/C19H13IN2O4/c20-13-7-5-12(6-8-13)18(23)22-21-11-14-9-10-17(26-14)15-3-1-2-4-16(15)19(24)25/h1-11H,(H,22,23)(H,24,25)/b21-11-. The Morgan fingerprint density at radius 2 is 1.77 bits per heavy atom. The van der Waals surface area contributed by atoms with E-state index in [2.05, 4.69) is 33.1 Å². The average Bonchev–Trinajstić information content (AvgIpc) is 3.11. The number of amides is 1. The third kappa shape index (κ3) is 4.17. The molecule has 26 heavy (non-hydrogen) atoms. The molecule has 0 aliphatic heterocycles. The van der Waals surface area contributed by atoms with Crippen LogP contribution in [0, 0.1) is 3.57 Å². The molecule has 7 heteroatoms. The first-order valence-corrected chi connectivity index (χ1v) is 8.64. The van der Waals surface area contributed by atoms with E-state index in [0.717, 1.165) is 3.57 Å². The number of hydrazone groups is 1. The average molecular weight is 460 g/mol. The lowest BCUT2D eigenvalue weighted by atomic mass is 10.1. The second-order valence-corrected chi connectivity index (χ2v) is 6.50. The maximum atomic E-state index is 12.0. The van der Waals surface area contributed by atoms with Gasteiger partial charge < -0.3 is 9.52 Å². The molecular weight excluding hydrogens is 447 g/mol. The van der Waals surface area contributed by atoms with Crippen LogP contribution in [0.15, 0.2) is 70.2 Å². The Labute approximate surface area is 162 Å². The van der Waals surface area contributed by atoms with E-state index < -0.39 is 5.97 Å². The van der Waals surface area contributed by atoms with Crippen LogP contribution in [0.1, 0.15) is 26.5 Å². The highest BCUT2D eigenvalue weighted by molar-refractivity contribution is 14.1. The molecule has 3 aromatic rings. The summed E-state index contributed by atoms with van der Waals surface area (Å²) in [5.41, 5.74) is 3.54. The summed E-state index contributed by atoms with van der Waals surface area (Å²) in [6.07, 6.45) is 1.36. The third-order valence-electron chi connectivity index (χ3n) is 3.51. The molecule has 6 nitrogen and oxygen atoms in total. The van der Waals surface area contributed by atoms with Gasteiger partial charge in [-0.3, -0.25) is 4.79 Å². The molecule has 0 atom stereocenters. The molecule has 0 bridgehead atoms. The van der Waals surface area contributed by atoms with Crippen LogP contribution < -0.4 is 5.43 Å². The number of carbonyl (C=O) groups excluding carboxylic acids is 1. The molecule has 0 aliphatic rings. The third-order valence-corrected chi connectivity index (χ3v) is 4.23. The summed E-state index contributed by atoms with van der Waals surface area (Å²) in [5.74, 6) is -0.561. The van der Waals surface area contributed by atoms with Crippen LogP contribution in [0.3, 0.4) is 0 Å². The predicted molar refractivity (Wildman–Crippen MR) is 105 cm³/mol. The van der Waals surface area contributed by atoms with Crippen LogP contribution in [-0.2, 0) is 0 Å². The van der Waals surface area contributed by atoms with Crippen molar-refractivity contribution in [2.24, 2.45) is 5.10 Å². The normalized spacial score (nSPS) is 10.8. The van der Waals surface area contributed by atoms with Gasteiger partial charge in [-0.05, 0) is 65.1 Å². The summed E-state index contributed by atoms with van der Waals surface area (Å²) in [6, 6.07) is 16.9. The fourth-order valence-electron chi connectivity index (χ4n) is 2.27. The zero-order chi connectivity index (χ0) is 18.5. The molecule has 2 N–H and O–H groups in total. The van der Waals surface area contributed by atoms with E-state index in [9.17, 15) is 14.7 Å². The van der Waals surface area contributed by atoms with Crippen LogP contribution >= 0.6 is 22.6 Å². The van der Waals surface area contributed by atoms with E-state index in [-0.39, 0.29) is 11.5 Å². The fraction of sp³-hybridized carbons (Fsp3) is 0. The fourth-order valence-corrected chi connectivity index (χ4v) is 2.63. The maximum Gasteiger partial charge on any atom is 0.336 e. The molecule has 1 aromatic heterocycles. The lowest BCUT2D eigenvalue weighted by molar-refractivity contribution is 0.0697.